The van der Waals surface area contributed by atoms with Crippen LogP contribution in [0, 0.1) is 0 Å². The highest BCUT2D eigenvalue weighted by atomic mass is 15.0. The van der Waals surface area contributed by atoms with Crippen molar-refractivity contribution in [3.8, 4) is 90.6 Å². The van der Waals surface area contributed by atoms with Gasteiger partial charge in [-0.05, 0) is 130 Å². The Bertz CT molecular complexity index is 3260. The minimum atomic E-state index is 0.472. The number of hydrogen-bond donors (Lipinski definition) is 0. The molecular weight excluding hydrogens is 763 g/mol. The third-order valence-electron chi connectivity index (χ3n) is 10.8. The maximum absolute atomic E-state index is 5.17. The highest BCUT2D eigenvalue weighted by molar-refractivity contribution is 6.14. The van der Waals surface area contributed by atoms with Crippen LogP contribution in [0.1, 0.15) is 0 Å². The Morgan fingerprint density at radius 1 is 0.258 bits per heavy atom. The monoisotopic (exact) mass is 795 g/mol. The van der Waals surface area contributed by atoms with Crippen molar-refractivity contribution in [1.82, 2.24) is 44.9 Å². The average Bonchev–Trinajstić information content (AvgIpc) is 3.37. The lowest BCUT2D eigenvalue weighted by atomic mass is 9.91. The molecule has 0 bridgehead atoms. The number of fused-ring (bicyclic) bond motifs is 3. The van der Waals surface area contributed by atoms with Crippen molar-refractivity contribution in [3.63, 3.8) is 0 Å². The predicted octanol–water partition coefficient (Wildman–Crippen LogP) is 11.9. The van der Waals surface area contributed by atoms with Gasteiger partial charge in [-0.25, -0.2) is 15.0 Å². The third-order valence-corrected chi connectivity index (χ3v) is 10.8. The van der Waals surface area contributed by atoms with E-state index in [9.17, 15) is 0 Å². The highest BCUT2D eigenvalue weighted by Crippen LogP contribution is 2.39. The molecule has 0 aliphatic carbocycles. The Hall–Kier alpha value is -8.69. The van der Waals surface area contributed by atoms with Crippen LogP contribution in [0.25, 0.3) is 112 Å². The van der Waals surface area contributed by atoms with Crippen molar-refractivity contribution < 1.29 is 0 Å². The zero-order valence-electron chi connectivity index (χ0n) is 33.1. The number of pyridine rings is 6. The van der Waals surface area contributed by atoms with Crippen LogP contribution in [-0.4, -0.2) is 44.9 Å². The summed E-state index contributed by atoms with van der Waals surface area (Å²) in [5.74, 6) is 1.44. The molecule has 9 heteroatoms. The van der Waals surface area contributed by atoms with Gasteiger partial charge in [0.1, 0.15) is 0 Å². The van der Waals surface area contributed by atoms with Gasteiger partial charge in [0.15, 0.2) is 17.5 Å². The van der Waals surface area contributed by atoms with Gasteiger partial charge in [-0.3, -0.25) is 29.9 Å². The molecule has 0 N–H and O–H groups in total. The summed E-state index contributed by atoms with van der Waals surface area (Å²) in [7, 11) is 0. The van der Waals surface area contributed by atoms with Gasteiger partial charge in [-0.15, -0.1) is 0 Å². The lowest BCUT2D eigenvalue weighted by Gasteiger charge is -2.15. The van der Waals surface area contributed by atoms with E-state index in [1.54, 1.807) is 31.0 Å². The van der Waals surface area contributed by atoms with Gasteiger partial charge in [-0.2, -0.15) is 0 Å². The van der Waals surface area contributed by atoms with Crippen LogP contribution < -0.4 is 0 Å². The molecule has 11 rings (SSSR count). The Morgan fingerprint density at radius 3 is 1.26 bits per heavy atom. The first-order valence-corrected chi connectivity index (χ1v) is 20.2. The van der Waals surface area contributed by atoms with Gasteiger partial charge in [0.05, 0.1) is 34.2 Å². The Labute approximate surface area is 356 Å². The van der Waals surface area contributed by atoms with E-state index in [-0.39, 0.29) is 0 Å². The maximum Gasteiger partial charge on any atom is 0.165 e. The van der Waals surface area contributed by atoms with Crippen molar-refractivity contribution in [3.05, 3.63) is 201 Å². The molecule has 4 aromatic carbocycles. The number of nitrogens with zero attached hydrogens (tertiary/aromatic N) is 9. The second-order valence-corrected chi connectivity index (χ2v) is 14.7. The fourth-order valence-corrected chi connectivity index (χ4v) is 7.75. The van der Waals surface area contributed by atoms with E-state index in [2.05, 4.69) is 93.8 Å². The van der Waals surface area contributed by atoms with Crippen molar-refractivity contribution in [1.29, 1.82) is 0 Å². The predicted molar refractivity (Wildman–Crippen MR) is 245 cm³/mol. The summed E-state index contributed by atoms with van der Waals surface area (Å²) in [6.07, 6.45) is 10.8. The van der Waals surface area contributed by atoms with Gasteiger partial charge in [0, 0.05) is 65.0 Å². The normalized spacial score (nSPS) is 11.2. The molecule has 0 aliphatic heterocycles. The molecule has 0 atom stereocenters. The van der Waals surface area contributed by atoms with E-state index >= 15 is 0 Å². The zero-order valence-corrected chi connectivity index (χ0v) is 33.1. The molecule has 0 amide bonds. The first kappa shape index (κ1) is 36.4. The van der Waals surface area contributed by atoms with E-state index in [0.717, 1.165) is 83.9 Å². The molecule has 0 unspecified atom stereocenters. The minimum Gasteiger partial charge on any atom is -0.256 e. The molecular formula is C53H33N9. The fourth-order valence-electron chi connectivity index (χ4n) is 7.75. The van der Waals surface area contributed by atoms with Crippen LogP contribution in [0.3, 0.4) is 0 Å². The first-order chi connectivity index (χ1) is 30.7. The molecule has 0 spiro atoms. The molecule has 0 fully saturated rings. The van der Waals surface area contributed by atoms with E-state index in [1.165, 1.54) is 10.8 Å². The molecule has 0 saturated carbocycles. The zero-order chi connectivity index (χ0) is 41.2. The Kier molecular flexibility index (Phi) is 9.28. The van der Waals surface area contributed by atoms with Gasteiger partial charge < -0.3 is 0 Å². The summed E-state index contributed by atoms with van der Waals surface area (Å²) in [6.45, 7) is 0. The molecule has 290 valence electrons. The number of aromatic nitrogens is 9. The van der Waals surface area contributed by atoms with Crippen LogP contribution in [0.2, 0.25) is 0 Å². The largest absolute Gasteiger partial charge is 0.256 e. The van der Waals surface area contributed by atoms with Gasteiger partial charge in [-0.1, -0.05) is 66.7 Å². The van der Waals surface area contributed by atoms with Gasteiger partial charge in [0.25, 0.3) is 0 Å². The lowest BCUT2D eigenvalue weighted by Crippen LogP contribution is -2.01. The standard InChI is InChI=1S/C53H33N9/c1-2-12-41-34(11-1)30-44(43-14-4-3-13-42(41)43)38-27-39(46-21-18-35(31-57-46)45-15-5-8-24-54-45)29-40(28-38)53-61-51(36-19-22-49(58-32-36)47-16-6-9-25-55-47)60-52(62-53)37-20-23-50(59-33-37)48-17-7-10-26-56-48/h1-33H. The topological polar surface area (TPSA) is 116 Å². The molecule has 11 aromatic rings. The second-order valence-electron chi connectivity index (χ2n) is 14.7. The molecule has 9 nitrogen and oxygen atoms in total. The van der Waals surface area contributed by atoms with Crippen molar-refractivity contribution >= 4 is 21.5 Å². The SMILES string of the molecule is c1ccc(-c2ccc(-c3cc(-c4nc(-c5ccc(-c6ccccn6)nc5)nc(-c5ccc(-c6ccccn6)nc5)n4)cc(-c4cc5ccccc5c5ccccc45)c3)nc2)nc1. The summed E-state index contributed by atoms with van der Waals surface area (Å²) < 4.78 is 0. The van der Waals surface area contributed by atoms with E-state index in [0.29, 0.717) is 17.5 Å². The summed E-state index contributed by atoms with van der Waals surface area (Å²) in [4.78, 5) is 43.4. The van der Waals surface area contributed by atoms with Gasteiger partial charge in [0.2, 0.25) is 0 Å². The van der Waals surface area contributed by atoms with Crippen molar-refractivity contribution in [2.45, 2.75) is 0 Å². The van der Waals surface area contributed by atoms with Crippen molar-refractivity contribution in [2.75, 3.05) is 0 Å². The molecule has 0 aliphatic rings. The van der Waals surface area contributed by atoms with Crippen LogP contribution in [0.15, 0.2) is 201 Å². The Balaban J connectivity index is 1.10. The number of rotatable bonds is 8. The molecule has 7 heterocycles. The average molecular weight is 796 g/mol. The molecule has 62 heavy (non-hydrogen) atoms. The third kappa shape index (κ3) is 7.09. The van der Waals surface area contributed by atoms with Crippen LogP contribution in [0.4, 0.5) is 0 Å². The van der Waals surface area contributed by atoms with Crippen molar-refractivity contribution in [2.24, 2.45) is 0 Å². The minimum absolute atomic E-state index is 0.472. The van der Waals surface area contributed by atoms with Crippen LogP contribution in [-0.2, 0) is 0 Å². The Morgan fingerprint density at radius 2 is 0.694 bits per heavy atom. The van der Waals surface area contributed by atoms with E-state index < -0.39 is 0 Å². The van der Waals surface area contributed by atoms with Crippen LogP contribution >= 0.6 is 0 Å². The first-order valence-electron chi connectivity index (χ1n) is 20.2. The summed E-state index contributed by atoms with van der Waals surface area (Å²) >= 11 is 0. The molecule has 0 radical (unpaired) electrons. The highest BCUT2D eigenvalue weighted by Gasteiger charge is 2.18. The summed E-state index contributed by atoms with van der Waals surface area (Å²) in [6, 6.07) is 55.2. The second kappa shape index (κ2) is 15.8. The van der Waals surface area contributed by atoms with E-state index in [4.69, 9.17) is 29.9 Å². The van der Waals surface area contributed by atoms with Crippen LogP contribution in [0.5, 0.6) is 0 Å². The fraction of sp³-hybridized carbons (Fsp3) is 0. The quantitative estimate of drug-likeness (QED) is 0.139. The maximum atomic E-state index is 5.17. The summed E-state index contributed by atoms with van der Waals surface area (Å²) in [5, 5.41) is 4.67. The number of hydrogen-bond acceptors (Lipinski definition) is 9. The summed E-state index contributed by atoms with van der Waals surface area (Å²) in [5.41, 5.74) is 10.9. The number of benzene rings is 4. The van der Waals surface area contributed by atoms with Gasteiger partial charge >= 0.3 is 0 Å². The van der Waals surface area contributed by atoms with E-state index in [1.807, 2.05) is 91.1 Å². The lowest BCUT2D eigenvalue weighted by molar-refractivity contribution is 1.07. The molecule has 7 aromatic heterocycles. The smallest absolute Gasteiger partial charge is 0.165 e. The molecule has 0 saturated heterocycles.